The molecule has 0 heterocycles. The lowest BCUT2D eigenvalue weighted by Gasteiger charge is -2.16. The first kappa shape index (κ1) is 15.8. The van der Waals surface area contributed by atoms with E-state index in [9.17, 15) is 9.59 Å². The van der Waals surface area contributed by atoms with E-state index in [1.807, 2.05) is 42.3 Å². The van der Waals surface area contributed by atoms with Crippen LogP contribution in [-0.4, -0.2) is 38.1 Å². The Morgan fingerprint density at radius 3 is 2.35 bits per heavy atom. The molecule has 0 saturated heterocycles. The number of carbonyl (C=O) groups is 2. The van der Waals surface area contributed by atoms with Crippen molar-refractivity contribution in [1.82, 2.24) is 4.90 Å². The van der Waals surface area contributed by atoms with Crippen molar-refractivity contribution in [3.63, 3.8) is 0 Å². The zero-order chi connectivity index (χ0) is 15.0. The molecule has 0 aliphatic heterocycles. The quantitative estimate of drug-likeness (QED) is 0.585. The summed E-state index contributed by atoms with van der Waals surface area (Å²) >= 11 is 0. The van der Waals surface area contributed by atoms with Gasteiger partial charge in [-0.25, -0.2) is 4.79 Å². The van der Waals surface area contributed by atoms with Crippen LogP contribution < -0.4 is 0 Å². The third kappa shape index (κ3) is 5.14. The zero-order valence-electron chi connectivity index (χ0n) is 12.0. The largest absolute Gasteiger partial charge is 0.469 e. The Bertz CT molecular complexity index is 482. The topological polar surface area (TPSA) is 55.8 Å². The zero-order valence-corrected chi connectivity index (χ0v) is 12.0. The summed E-state index contributed by atoms with van der Waals surface area (Å²) in [4.78, 5) is 24.7. The lowest BCUT2D eigenvalue weighted by atomic mass is 10.2. The van der Waals surface area contributed by atoms with Crippen LogP contribution in [0.5, 0.6) is 0 Å². The maximum atomic E-state index is 11.6. The molecular formula is C15H19NO4. The van der Waals surface area contributed by atoms with Crippen LogP contribution in [0.15, 0.2) is 42.1 Å². The molecule has 5 nitrogen and oxygen atoms in total. The lowest BCUT2D eigenvalue weighted by molar-refractivity contribution is -0.143. The van der Waals surface area contributed by atoms with E-state index in [1.165, 1.54) is 14.2 Å². The summed E-state index contributed by atoms with van der Waals surface area (Å²) < 4.78 is 9.24. The van der Waals surface area contributed by atoms with Gasteiger partial charge in [0.25, 0.3) is 0 Å². The van der Waals surface area contributed by atoms with E-state index in [1.54, 1.807) is 6.20 Å². The highest BCUT2D eigenvalue weighted by molar-refractivity contribution is 5.93. The molecule has 108 valence electrons. The minimum atomic E-state index is -0.532. The number of nitrogens with zero attached hydrogens (tertiary/aromatic N) is 1. The molecule has 0 aliphatic rings. The number of hydrogen-bond donors (Lipinski definition) is 0. The first-order valence-corrected chi connectivity index (χ1v) is 6.16. The summed E-state index contributed by atoms with van der Waals surface area (Å²) in [5, 5.41) is 0. The maximum Gasteiger partial charge on any atom is 0.335 e. The summed E-state index contributed by atoms with van der Waals surface area (Å²) in [5.41, 5.74) is 1.37. The van der Waals surface area contributed by atoms with Crippen LogP contribution in [0.1, 0.15) is 12.0 Å². The number of ether oxygens (including phenoxy) is 2. The molecule has 1 rings (SSSR count). The predicted octanol–water partition coefficient (Wildman–Crippen LogP) is 1.74. The van der Waals surface area contributed by atoms with Crippen LogP contribution in [-0.2, 0) is 25.6 Å². The fourth-order valence-corrected chi connectivity index (χ4v) is 1.71. The van der Waals surface area contributed by atoms with Crippen molar-refractivity contribution >= 4 is 11.9 Å². The second-order valence-electron chi connectivity index (χ2n) is 4.30. The molecular weight excluding hydrogens is 258 g/mol. The Morgan fingerprint density at radius 2 is 1.80 bits per heavy atom. The first-order chi connectivity index (χ1) is 9.56. The van der Waals surface area contributed by atoms with Crippen molar-refractivity contribution in [2.75, 3.05) is 21.3 Å². The van der Waals surface area contributed by atoms with Crippen LogP contribution in [0.25, 0.3) is 0 Å². The summed E-state index contributed by atoms with van der Waals surface area (Å²) in [6.45, 7) is 0.627. The molecule has 0 atom stereocenters. The molecule has 0 aromatic heterocycles. The molecule has 0 bridgehead atoms. The maximum absolute atomic E-state index is 11.6. The van der Waals surface area contributed by atoms with Gasteiger partial charge in [-0.15, -0.1) is 0 Å². The molecule has 5 heteroatoms. The molecule has 1 aromatic rings. The van der Waals surface area contributed by atoms with E-state index in [4.69, 9.17) is 0 Å². The molecule has 0 amide bonds. The van der Waals surface area contributed by atoms with Gasteiger partial charge < -0.3 is 14.4 Å². The second-order valence-corrected chi connectivity index (χ2v) is 4.30. The normalized spacial score (nSPS) is 10.8. The van der Waals surface area contributed by atoms with E-state index < -0.39 is 11.9 Å². The lowest BCUT2D eigenvalue weighted by Crippen LogP contribution is -2.17. The first-order valence-electron chi connectivity index (χ1n) is 6.16. The van der Waals surface area contributed by atoms with E-state index >= 15 is 0 Å². The van der Waals surface area contributed by atoms with Crippen molar-refractivity contribution in [3.8, 4) is 0 Å². The molecule has 0 N–H and O–H groups in total. The van der Waals surface area contributed by atoms with E-state index in [2.05, 4.69) is 9.47 Å². The van der Waals surface area contributed by atoms with Gasteiger partial charge in [0, 0.05) is 19.8 Å². The third-order valence-electron chi connectivity index (χ3n) is 2.66. The number of methoxy groups -OCH3 is 2. The van der Waals surface area contributed by atoms with Gasteiger partial charge in [0.15, 0.2) is 0 Å². The van der Waals surface area contributed by atoms with Gasteiger partial charge in [-0.05, 0) is 5.56 Å². The van der Waals surface area contributed by atoms with E-state index in [-0.39, 0.29) is 12.0 Å². The van der Waals surface area contributed by atoms with Crippen molar-refractivity contribution in [3.05, 3.63) is 47.7 Å². The van der Waals surface area contributed by atoms with Crippen LogP contribution in [0.3, 0.4) is 0 Å². The van der Waals surface area contributed by atoms with Gasteiger partial charge in [0.05, 0.1) is 26.2 Å². The monoisotopic (exact) mass is 277 g/mol. The Morgan fingerprint density at radius 1 is 1.15 bits per heavy atom. The Balaban J connectivity index is 2.78. The predicted molar refractivity (Wildman–Crippen MR) is 74.6 cm³/mol. The number of esters is 2. The highest BCUT2D eigenvalue weighted by Gasteiger charge is 2.15. The van der Waals surface area contributed by atoms with E-state index in [0.29, 0.717) is 6.54 Å². The Labute approximate surface area is 118 Å². The molecule has 0 radical (unpaired) electrons. The van der Waals surface area contributed by atoms with Crippen molar-refractivity contribution in [2.45, 2.75) is 13.0 Å². The minimum Gasteiger partial charge on any atom is -0.469 e. The summed E-state index contributed by atoms with van der Waals surface area (Å²) in [7, 11) is 4.39. The highest BCUT2D eigenvalue weighted by atomic mass is 16.5. The highest BCUT2D eigenvalue weighted by Crippen LogP contribution is 2.09. The number of carbonyl (C=O) groups excluding carboxylic acids is 2. The van der Waals surface area contributed by atoms with Crippen LogP contribution >= 0.6 is 0 Å². The molecule has 0 spiro atoms. The van der Waals surface area contributed by atoms with Crippen molar-refractivity contribution in [2.24, 2.45) is 0 Å². The molecule has 20 heavy (non-hydrogen) atoms. The van der Waals surface area contributed by atoms with Gasteiger partial charge in [-0.3, -0.25) is 4.79 Å². The van der Waals surface area contributed by atoms with Gasteiger partial charge in [-0.2, -0.15) is 0 Å². The van der Waals surface area contributed by atoms with Crippen LogP contribution in [0, 0.1) is 0 Å². The SMILES string of the molecule is COC(=O)C/C(=C/N(C)Cc1ccccc1)C(=O)OC. The summed E-state index contributed by atoms with van der Waals surface area (Å²) in [5.74, 6) is -1.01. The number of hydrogen-bond acceptors (Lipinski definition) is 5. The Hall–Kier alpha value is -2.30. The molecule has 0 aliphatic carbocycles. The van der Waals surface area contributed by atoms with Crippen LogP contribution in [0.4, 0.5) is 0 Å². The standard InChI is InChI=1S/C15H19NO4/c1-16(10-12-7-5-4-6-8-12)11-13(15(18)20-3)9-14(17)19-2/h4-8,11H,9-10H2,1-3H3/b13-11-. The van der Waals surface area contributed by atoms with Gasteiger partial charge in [-0.1, -0.05) is 30.3 Å². The van der Waals surface area contributed by atoms with Gasteiger partial charge >= 0.3 is 11.9 Å². The molecule has 0 fully saturated rings. The minimum absolute atomic E-state index is 0.109. The molecule has 0 saturated carbocycles. The molecule has 0 unspecified atom stereocenters. The average molecular weight is 277 g/mol. The summed E-state index contributed by atoms with van der Waals surface area (Å²) in [6, 6.07) is 9.81. The number of rotatable bonds is 6. The number of benzene rings is 1. The smallest absolute Gasteiger partial charge is 0.335 e. The molecule has 1 aromatic carbocycles. The summed E-state index contributed by atoms with van der Waals surface area (Å²) in [6.07, 6.45) is 1.50. The second kappa shape index (κ2) is 7.99. The van der Waals surface area contributed by atoms with Crippen molar-refractivity contribution < 1.29 is 19.1 Å². The van der Waals surface area contributed by atoms with Gasteiger partial charge in [0.2, 0.25) is 0 Å². The van der Waals surface area contributed by atoms with Crippen molar-refractivity contribution in [1.29, 1.82) is 0 Å². The van der Waals surface area contributed by atoms with Crippen LogP contribution in [0.2, 0.25) is 0 Å². The van der Waals surface area contributed by atoms with E-state index in [0.717, 1.165) is 5.56 Å². The van der Waals surface area contributed by atoms with Gasteiger partial charge in [0.1, 0.15) is 0 Å². The Kier molecular flexibility index (Phi) is 6.29. The third-order valence-corrected chi connectivity index (χ3v) is 2.66. The average Bonchev–Trinajstić information content (AvgIpc) is 2.46. The fraction of sp³-hybridized carbons (Fsp3) is 0.333. The fourth-order valence-electron chi connectivity index (χ4n) is 1.71.